The lowest BCUT2D eigenvalue weighted by atomic mass is 10.3. The van der Waals surface area contributed by atoms with Gasteiger partial charge in [-0.15, -0.1) is 0 Å². The van der Waals surface area contributed by atoms with Crippen LogP contribution in [0.1, 0.15) is 0 Å². The molecule has 0 bridgehead atoms. The molecule has 0 amide bonds. The Kier molecular flexibility index (Phi) is 5.19. The van der Waals surface area contributed by atoms with Crippen molar-refractivity contribution in [3.8, 4) is 5.75 Å². The number of nitrogens with one attached hydrogen (secondary N) is 1. The molecule has 0 fully saturated rings. The van der Waals surface area contributed by atoms with Crippen LogP contribution in [0.3, 0.4) is 0 Å². The van der Waals surface area contributed by atoms with Gasteiger partial charge in [0, 0.05) is 4.47 Å². The fourth-order valence-electron chi connectivity index (χ4n) is 1.59. The number of hydrogen-bond donors (Lipinski definition) is 1. The molecule has 0 heterocycles. The van der Waals surface area contributed by atoms with Gasteiger partial charge in [0.15, 0.2) is 0 Å². The molecule has 8 heteroatoms. The average Bonchev–Trinajstić information content (AvgIpc) is 2.42. The highest BCUT2D eigenvalue weighted by Crippen LogP contribution is 2.30. The summed E-state index contributed by atoms with van der Waals surface area (Å²) < 4.78 is 33.5. The maximum Gasteiger partial charge on any atom is 0.261 e. The minimum Gasteiger partial charge on any atom is -0.496 e. The first-order valence-electron chi connectivity index (χ1n) is 5.65. The van der Waals surface area contributed by atoms with Crippen molar-refractivity contribution < 1.29 is 13.2 Å². The van der Waals surface area contributed by atoms with Crippen molar-refractivity contribution in [3.05, 3.63) is 50.4 Å². The molecule has 0 saturated carbocycles. The molecule has 2 aromatic carbocycles. The third-order valence-electron chi connectivity index (χ3n) is 2.61. The first-order valence-corrected chi connectivity index (χ1v) is 9.09. The molecule has 2 aromatic rings. The number of benzene rings is 2. The summed E-state index contributed by atoms with van der Waals surface area (Å²) in [5.74, 6) is 0.552. The van der Waals surface area contributed by atoms with Gasteiger partial charge in [-0.3, -0.25) is 4.72 Å². The molecule has 0 spiro atoms. The molecule has 0 aliphatic heterocycles. The predicted octanol–water partition coefficient (Wildman–Crippen LogP) is 4.67. The Morgan fingerprint density at radius 3 is 2.43 bits per heavy atom. The van der Waals surface area contributed by atoms with E-state index in [4.69, 9.17) is 16.3 Å². The van der Waals surface area contributed by atoms with Crippen molar-refractivity contribution in [2.24, 2.45) is 0 Å². The van der Waals surface area contributed by atoms with E-state index in [9.17, 15) is 8.42 Å². The van der Waals surface area contributed by atoms with E-state index in [0.29, 0.717) is 20.9 Å². The van der Waals surface area contributed by atoms with Gasteiger partial charge in [0.2, 0.25) is 0 Å². The monoisotopic (exact) mass is 453 g/mol. The van der Waals surface area contributed by atoms with Gasteiger partial charge in [0.1, 0.15) is 5.75 Å². The second-order valence-corrected chi connectivity index (χ2v) is 7.89. The predicted molar refractivity (Wildman–Crippen MR) is 90.7 cm³/mol. The van der Waals surface area contributed by atoms with Crippen LogP contribution in [0, 0.1) is 0 Å². The van der Waals surface area contributed by atoms with Crippen LogP contribution in [0.15, 0.2) is 50.2 Å². The number of halogens is 3. The van der Waals surface area contributed by atoms with Crippen LogP contribution in [0.2, 0.25) is 5.02 Å². The molecule has 0 saturated heterocycles. The first-order chi connectivity index (χ1) is 9.83. The van der Waals surface area contributed by atoms with Crippen molar-refractivity contribution >= 4 is 59.2 Å². The summed E-state index contributed by atoms with van der Waals surface area (Å²) in [6.07, 6.45) is 0. The van der Waals surface area contributed by atoms with Crippen LogP contribution in [0.4, 0.5) is 5.69 Å². The highest BCUT2D eigenvalue weighted by atomic mass is 79.9. The highest BCUT2D eigenvalue weighted by molar-refractivity contribution is 9.10. The van der Waals surface area contributed by atoms with Crippen molar-refractivity contribution in [1.82, 2.24) is 0 Å². The molecular formula is C13H10Br2ClNO3S. The first kappa shape index (κ1) is 16.6. The molecule has 0 radical (unpaired) electrons. The number of rotatable bonds is 4. The quantitative estimate of drug-likeness (QED) is 0.729. The summed E-state index contributed by atoms with van der Waals surface area (Å²) in [5.41, 5.74) is 0.312. The molecule has 1 N–H and O–H groups in total. The van der Waals surface area contributed by atoms with Crippen LogP contribution in [-0.2, 0) is 10.0 Å². The minimum absolute atomic E-state index is 0.106. The lowest BCUT2D eigenvalue weighted by Crippen LogP contribution is -2.13. The summed E-state index contributed by atoms with van der Waals surface area (Å²) >= 11 is 12.5. The van der Waals surface area contributed by atoms with Crippen LogP contribution in [0.5, 0.6) is 5.75 Å². The zero-order valence-electron chi connectivity index (χ0n) is 10.7. The minimum atomic E-state index is -3.73. The van der Waals surface area contributed by atoms with Gasteiger partial charge in [-0.25, -0.2) is 8.42 Å². The Morgan fingerprint density at radius 2 is 1.86 bits per heavy atom. The van der Waals surface area contributed by atoms with E-state index in [-0.39, 0.29) is 4.90 Å². The molecule has 0 aliphatic rings. The lowest BCUT2D eigenvalue weighted by Gasteiger charge is -2.11. The number of hydrogen-bond acceptors (Lipinski definition) is 3. The molecular weight excluding hydrogens is 445 g/mol. The molecule has 0 atom stereocenters. The summed E-state index contributed by atoms with van der Waals surface area (Å²) in [6.45, 7) is 0. The Balaban J connectivity index is 2.36. The van der Waals surface area contributed by atoms with E-state index in [0.717, 1.165) is 4.47 Å². The molecule has 0 aromatic heterocycles. The average molecular weight is 456 g/mol. The van der Waals surface area contributed by atoms with Crippen LogP contribution in [-0.4, -0.2) is 15.5 Å². The molecule has 4 nitrogen and oxygen atoms in total. The third-order valence-corrected chi connectivity index (χ3v) is 5.40. The number of anilines is 1. The van der Waals surface area contributed by atoms with E-state index in [1.54, 1.807) is 24.3 Å². The van der Waals surface area contributed by atoms with Gasteiger partial charge in [-0.1, -0.05) is 27.5 Å². The molecule has 0 unspecified atom stereocenters. The fourth-order valence-corrected chi connectivity index (χ4v) is 4.16. The maximum absolute atomic E-state index is 12.3. The van der Waals surface area contributed by atoms with Crippen molar-refractivity contribution in [3.63, 3.8) is 0 Å². The zero-order valence-corrected chi connectivity index (χ0v) is 15.5. The van der Waals surface area contributed by atoms with Gasteiger partial charge >= 0.3 is 0 Å². The van der Waals surface area contributed by atoms with E-state index in [1.165, 1.54) is 19.2 Å². The molecule has 2 rings (SSSR count). The largest absolute Gasteiger partial charge is 0.496 e. The van der Waals surface area contributed by atoms with Gasteiger partial charge in [0.25, 0.3) is 10.0 Å². The van der Waals surface area contributed by atoms with E-state index in [1.807, 2.05) is 0 Å². The summed E-state index contributed by atoms with van der Waals surface area (Å²) in [6, 6.07) is 9.40. The topological polar surface area (TPSA) is 55.4 Å². The molecule has 0 aliphatic carbocycles. The Bertz CT molecular complexity index is 781. The van der Waals surface area contributed by atoms with Crippen molar-refractivity contribution in [2.75, 3.05) is 11.8 Å². The van der Waals surface area contributed by atoms with Crippen LogP contribution < -0.4 is 9.46 Å². The Hall–Kier alpha value is -0.760. The third kappa shape index (κ3) is 3.91. The van der Waals surface area contributed by atoms with E-state index < -0.39 is 10.0 Å². The highest BCUT2D eigenvalue weighted by Gasteiger charge is 2.17. The standard InChI is InChI=1S/C13H10Br2ClNO3S/c1-20-13-5-3-9(7-10(13)15)21(18,19)17-12-4-2-8(14)6-11(12)16/h2-7,17H,1H3. The van der Waals surface area contributed by atoms with Gasteiger partial charge in [-0.05, 0) is 52.3 Å². The van der Waals surface area contributed by atoms with E-state index in [2.05, 4.69) is 36.6 Å². The van der Waals surface area contributed by atoms with Gasteiger partial charge < -0.3 is 4.74 Å². The van der Waals surface area contributed by atoms with E-state index >= 15 is 0 Å². The second kappa shape index (κ2) is 6.56. The molecule has 21 heavy (non-hydrogen) atoms. The SMILES string of the molecule is COc1ccc(S(=O)(=O)Nc2ccc(Br)cc2Cl)cc1Br. The second-order valence-electron chi connectivity index (χ2n) is 4.03. The lowest BCUT2D eigenvalue weighted by molar-refractivity contribution is 0.411. The summed E-state index contributed by atoms with van der Waals surface area (Å²) in [5, 5.41) is 0.306. The molecule has 112 valence electrons. The van der Waals surface area contributed by atoms with Crippen molar-refractivity contribution in [2.45, 2.75) is 4.90 Å². The van der Waals surface area contributed by atoms with Crippen molar-refractivity contribution in [1.29, 1.82) is 0 Å². The number of ether oxygens (including phenoxy) is 1. The van der Waals surface area contributed by atoms with Gasteiger partial charge in [0.05, 0.1) is 27.2 Å². The summed E-state index contributed by atoms with van der Waals surface area (Å²) in [7, 11) is -2.22. The van der Waals surface area contributed by atoms with Crippen LogP contribution in [0.25, 0.3) is 0 Å². The zero-order chi connectivity index (χ0) is 15.6. The normalized spacial score (nSPS) is 11.2. The summed E-state index contributed by atoms with van der Waals surface area (Å²) in [4.78, 5) is 0.106. The Labute approximate surface area is 144 Å². The van der Waals surface area contributed by atoms with Gasteiger partial charge in [-0.2, -0.15) is 0 Å². The maximum atomic E-state index is 12.3. The Morgan fingerprint density at radius 1 is 1.14 bits per heavy atom. The number of methoxy groups -OCH3 is 1. The smallest absolute Gasteiger partial charge is 0.261 e. The van der Waals surface area contributed by atoms with Crippen LogP contribution >= 0.6 is 43.5 Å². The fraction of sp³-hybridized carbons (Fsp3) is 0.0769. The number of sulfonamides is 1.